The molecular weight excluding hydrogens is 214 g/mol. The molecule has 1 aromatic heterocycles. The van der Waals surface area contributed by atoms with E-state index < -0.39 is 0 Å². The van der Waals surface area contributed by atoms with E-state index >= 15 is 0 Å². The third-order valence-electron chi connectivity index (χ3n) is 2.68. The largest absolute Gasteiger partial charge is 0.491 e. The number of hydrogen-bond donors (Lipinski definition) is 1. The Morgan fingerprint density at radius 1 is 1.24 bits per heavy atom. The monoisotopic (exact) mass is 231 g/mol. The number of ether oxygens (including phenoxy) is 1. The van der Waals surface area contributed by atoms with Crippen molar-refractivity contribution >= 4 is 10.8 Å². The summed E-state index contributed by atoms with van der Waals surface area (Å²) in [6.45, 7) is 4.50. The van der Waals surface area contributed by atoms with Crippen LogP contribution in [0.1, 0.15) is 13.8 Å². The molecule has 2 rings (SSSR count). The van der Waals surface area contributed by atoms with E-state index in [0.717, 1.165) is 16.5 Å². The Hall–Kier alpha value is -1.61. The molecule has 0 spiro atoms. The lowest BCUT2D eigenvalue weighted by molar-refractivity contribution is 0.0982. The summed E-state index contributed by atoms with van der Waals surface area (Å²) in [7, 11) is 0. The fourth-order valence-electron chi connectivity index (χ4n) is 1.52. The average molecular weight is 231 g/mol. The Morgan fingerprint density at radius 3 is 2.76 bits per heavy atom. The van der Waals surface area contributed by atoms with E-state index in [1.54, 1.807) is 6.20 Å². The van der Waals surface area contributed by atoms with Crippen LogP contribution in [-0.4, -0.2) is 23.3 Å². The molecular formula is C14H17NO2. The van der Waals surface area contributed by atoms with Crippen LogP contribution >= 0.6 is 0 Å². The van der Waals surface area contributed by atoms with Crippen molar-refractivity contribution < 1.29 is 9.84 Å². The third-order valence-corrected chi connectivity index (χ3v) is 2.68. The van der Waals surface area contributed by atoms with Gasteiger partial charge in [-0.05, 0) is 0 Å². The predicted molar refractivity (Wildman–Crippen MR) is 68.1 cm³/mol. The second-order valence-electron chi connectivity index (χ2n) is 4.97. The van der Waals surface area contributed by atoms with Gasteiger partial charge in [0.05, 0.1) is 19.4 Å². The van der Waals surface area contributed by atoms with Crippen molar-refractivity contribution in [3.8, 4) is 5.75 Å². The zero-order valence-corrected chi connectivity index (χ0v) is 10.2. The zero-order valence-electron chi connectivity index (χ0n) is 10.2. The Labute approximate surface area is 101 Å². The van der Waals surface area contributed by atoms with Crippen molar-refractivity contribution in [2.75, 3.05) is 13.2 Å². The molecule has 17 heavy (non-hydrogen) atoms. The number of aliphatic hydroxyl groups excluding tert-OH is 1. The van der Waals surface area contributed by atoms with E-state index in [1.807, 2.05) is 44.3 Å². The van der Waals surface area contributed by atoms with Gasteiger partial charge in [0.2, 0.25) is 0 Å². The van der Waals surface area contributed by atoms with Gasteiger partial charge in [0.1, 0.15) is 5.75 Å². The van der Waals surface area contributed by atoms with Gasteiger partial charge in [-0.2, -0.15) is 0 Å². The lowest BCUT2D eigenvalue weighted by atomic mass is 9.96. The van der Waals surface area contributed by atoms with Gasteiger partial charge in [0.25, 0.3) is 0 Å². The minimum absolute atomic E-state index is 0.102. The highest BCUT2D eigenvalue weighted by molar-refractivity contribution is 5.87. The first-order valence-corrected chi connectivity index (χ1v) is 5.69. The number of nitrogens with zero attached hydrogens (tertiary/aromatic N) is 1. The van der Waals surface area contributed by atoms with E-state index in [4.69, 9.17) is 4.74 Å². The van der Waals surface area contributed by atoms with Gasteiger partial charge in [-0.25, -0.2) is 0 Å². The molecule has 2 aromatic rings. The highest BCUT2D eigenvalue weighted by Crippen LogP contribution is 2.25. The summed E-state index contributed by atoms with van der Waals surface area (Å²) in [5.41, 5.74) is -0.239. The Morgan fingerprint density at radius 2 is 2.00 bits per heavy atom. The summed E-state index contributed by atoms with van der Waals surface area (Å²) in [6.07, 6.45) is 3.54. The Kier molecular flexibility index (Phi) is 3.29. The van der Waals surface area contributed by atoms with Crippen molar-refractivity contribution in [1.29, 1.82) is 0 Å². The molecule has 0 aliphatic heterocycles. The summed E-state index contributed by atoms with van der Waals surface area (Å²) in [5, 5.41) is 11.3. The summed E-state index contributed by atoms with van der Waals surface area (Å²) >= 11 is 0. The third kappa shape index (κ3) is 2.74. The van der Waals surface area contributed by atoms with E-state index in [1.165, 1.54) is 0 Å². The van der Waals surface area contributed by atoms with Gasteiger partial charge in [0.15, 0.2) is 0 Å². The predicted octanol–water partition coefficient (Wildman–Crippen LogP) is 2.63. The van der Waals surface area contributed by atoms with E-state index in [9.17, 15) is 5.11 Å². The second-order valence-corrected chi connectivity index (χ2v) is 4.97. The van der Waals surface area contributed by atoms with Crippen molar-refractivity contribution in [3.05, 3.63) is 36.7 Å². The number of hydrogen-bond acceptors (Lipinski definition) is 3. The van der Waals surface area contributed by atoms with Crippen molar-refractivity contribution in [2.24, 2.45) is 5.41 Å². The molecule has 0 saturated carbocycles. The molecule has 90 valence electrons. The van der Waals surface area contributed by atoms with Crippen molar-refractivity contribution in [3.63, 3.8) is 0 Å². The summed E-state index contributed by atoms with van der Waals surface area (Å²) < 4.78 is 5.75. The Balaban J connectivity index is 2.24. The molecule has 1 aromatic carbocycles. The number of aromatic nitrogens is 1. The molecule has 1 heterocycles. The number of benzene rings is 1. The summed E-state index contributed by atoms with van der Waals surface area (Å²) in [5.74, 6) is 0.768. The van der Waals surface area contributed by atoms with Crippen molar-refractivity contribution in [2.45, 2.75) is 13.8 Å². The highest BCUT2D eigenvalue weighted by Gasteiger charge is 2.18. The number of pyridine rings is 1. The number of rotatable bonds is 4. The molecule has 0 saturated heterocycles. The van der Waals surface area contributed by atoms with E-state index in [2.05, 4.69) is 4.98 Å². The minimum atomic E-state index is -0.239. The first kappa shape index (κ1) is 11.9. The Bertz CT molecular complexity index is 503. The van der Waals surface area contributed by atoms with Crippen LogP contribution in [0.4, 0.5) is 0 Å². The molecule has 0 unspecified atom stereocenters. The lowest BCUT2D eigenvalue weighted by Gasteiger charge is -2.22. The smallest absolute Gasteiger partial charge is 0.145 e. The minimum Gasteiger partial charge on any atom is -0.491 e. The van der Waals surface area contributed by atoms with Gasteiger partial charge >= 0.3 is 0 Å². The molecule has 3 nitrogen and oxygen atoms in total. The van der Waals surface area contributed by atoms with Crippen LogP contribution in [0.2, 0.25) is 0 Å². The lowest BCUT2D eigenvalue weighted by Crippen LogP contribution is -2.25. The fraction of sp³-hybridized carbons (Fsp3) is 0.357. The molecule has 1 N–H and O–H groups in total. The fourth-order valence-corrected chi connectivity index (χ4v) is 1.52. The van der Waals surface area contributed by atoms with Crippen LogP contribution in [0, 0.1) is 5.41 Å². The molecule has 0 amide bonds. The van der Waals surface area contributed by atoms with E-state index in [-0.39, 0.29) is 12.0 Å². The van der Waals surface area contributed by atoms with E-state index in [0.29, 0.717) is 6.61 Å². The standard InChI is InChI=1S/C14H17NO2/c1-14(2,9-16)10-17-13-8-15-7-11-5-3-4-6-12(11)13/h3-8,16H,9-10H2,1-2H3. The molecule has 0 fully saturated rings. The summed E-state index contributed by atoms with van der Waals surface area (Å²) in [4.78, 5) is 4.15. The van der Waals surface area contributed by atoms with Crippen LogP contribution in [0.3, 0.4) is 0 Å². The topological polar surface area (TPSA) is 42.4 Å². The molecule has 0 aliphatic rings. The van der Waals surface area contributed by atoms with Gasteiger partial charge in [-0.1, -0.05) is 38.1 Å². The molecule has 0 aliphatic carbocycles. The normalized spacial score (nSPS) is 11.7. The van der Waals surface area contributed by atoms with Crippen LogP contribution in [-0.2, 0) is 0 Å². The second kappa shape index (κ2) is 4.72. The average Bonchev–Trinajstić information content (AvgIpc) is 2.36. The first-order chi connectivity index (χ1) is 8.12. The maximum atomic E-state index is 9.19. The van der Waals surface area contributed by atoms with Crippen LogP contribution in [0.15, 0.2) is 36.7 Å². The molecule has 3 heteroatoms. The van der Waals surface area contributed by atoms with Gasteiger partial charge < -0.3 is 9.84 Å². The zero-order chi connectivity index (χ0) is 12.3. The quantitative estimate of drug-likeness (QED) is 0.879. The van der Waals surface area contributed by atoms with Gasteiger partial charge in [-0.15, -0.1) is 0 Å². The molecule has 0 bridgehead atoms. The van der Waals surface area contributed by atoms with Gasteiger partial charge in [0, 0.05) is 22.4 Å². The maximum Gasteiger partial charge on any atom is 0.145 e. The highest BCUT2D eigenvalue weighted by atomic mass is 16.5. The summed E-state index contributed by atoms with van der Waals surface area (Å²) in [6, 6.07) is 7.97. The molecule has 0 radical (unpaired) electrons. The van der Waals surface area contributed by atoms with Gasteiger partial charge in [-0.3, -0.25) is 4.98 Å². The van der Waals surface area contributed by atoms with Crippen LogP contribution in [0.25, 0.3) is 10.8 Å². The maximum absolute atomic E-state index is 9.19. The SMILES string of the molecule is CC(C)(CO)COc1cncc2ccccc12. The van der Waals surface area contributed by atoms with Crippen LogP contribution in [0.5, 0.6) is 5.75 Å². The first-order valence-electron chi connectivity index (χ1n) is 5.69. The number of aliphatic hydroxyl groups is 1. The van der Waals surface area contributed by atoms with Crippen molar-refractivity contribution in [1.82, 2.24) is 4.98 Å². The van der Waals surface area contributed by atoms with Crippen LogP contribution < -0.4 is 4.74 Å². The number of fused-ring (bicyclic) bond motifs is 1. The molecule has 0 atom stereocenters.